The molecule has 2 N–H and O–H groups in total. The van der Waals surface area contributed by atoms with Gasteiger partial charge in [-0.2, -0.15) is 0 Å². The van der Waals surface area contributed by atoms with Gasteiger partial charge in [-0.05, 0) is 29.7 Å². The quantitative estimate of drug-likeness (QED) is 0.391. The molecule has 1 aromatic heterocycles. The zero-order valence-electron chi connectivity index (χ0n) is 17.4. The van der Waals surface area contributed by atoms with Crippen LogP contribution in [0.25, 0.3) is 6.08 Å². The number of benzene rings is 1. The van der Waals surface area contributed by atoms with Crippen molar-refractivity contribution in [2.45, 2.75) is 20.4 Å². The van der Waals surface area contributed by atoms with E-state index >= 15 is 0 Å². The number of nitrogens with two attached hydrogens (primary N) is 1. The van der Waals surface area contributed by atoms with Gasteiger partial charge in [-0.15, -0.1) is 0 Å². The molecule has 0 spiro atoms. The molecular weight excluding hydrogens is 390 g/mol. The zero-order chi connectivity index (χ0) is 22.4. The Hall–Kier alpha value is -3.62. The molecule has 0 aliphatic carbocycles. The summed E-state index contributed by atoms with van der Waals surface area (Å²) < 4.78 is 12.0. The number of ketones is 1. The number of carbonyl (C=O) groups excluding carboxylic acids is 2. The molecule has 9 heteroatoms. The van der Waals surface area contributed by atoms with E-state index in [4.69, 9.17) is 15.2 Å². The van der Waals surface area contributed by atoms with E-state index in [9.17, 15) is 19.2 Å². The van der Waals surface area contributed by atoms with Crippen LogP contribution in [-0.4, -0.2) is 34.6 Å². The highest BCUT2D eigenvalue weighted by atomic mass is 16.5. The predicted molar refractivity (Wildman–Crippen MR) is 113 cm³/mol. The number of nitrogens with zero attached hydrogens (tertiary/aromatic N) is 2. The first-order valence-corrected chi connectivity index (χ1v) is 9.27. The van der Waals surface area contributed by atoms with E-state index in [-0.39, 0.29) is 23.8 Å². The van der Waals surface area contributed by atoms with Crippen LogP contribution < -0.4 is 21.7 Å². The average molecular weight is 415 g/mol. The Labute approximate surface area is 173 Å². The number of hydrogen-bond donors (Lipinski definition) is 1. The van der Waals surface area contributed by atoms with Gasteiger partial charge in [-0.3, -0.25) is 18.7 Å². The van der Waals surface area contributed by atoms with E-state index in [2.05, 4.69) is 0 Å². The summed E-state index contributed by atoms with van der Waals surface area (Å²) in [7, 11) is 2.80. The van der Waals surface area contributed by atoms with Crippen molar-refractivity contribution in [2.24, 2.45) is 13.0 Å². The molecule has 30 heavy (non-hydrogen) atoms. The topological polar surface area (TPSA) is 123 Å². The minimum absolute atomic E-state index is 0.0602. The Kier molecular flexibility index (Phi) is 7.35. The number of hydrogen-bond acceptors (Lipinski definition) is 7. The van der Waals surface area contributed by atoms with E-state index in [0.717, 1.165) is 10.6 Å². The minimum Gasteiger partial charge on any atom is -0.497 e. The smallest absolute Gasteiger partial charge is 0.332 e. The second-order valence-corrected chi connectivity index (χ2v) is 7.05. The summed E-state index contributed by atoms with van der Waals surface area (Å²) in [6.07, 6.45) is 2.66. The van der Waals surface area contributed by atoms with Gasteiger partial charge in [0.25, 0.3) is 5.56 Å². The monoisotopic (exact) mass is 415 g/mol. The Balaban J connectivity index is 2.17. The molecular formula is C21H25N3O6. The number of esters is 1. The first-order chi connectivity index (χ1) is 14.1. The van der Waals surface area contributed by atoms with Gasteiger partial charge in [0.05, 0.1) is 7.11 Å². The molecule has 2 rings (SSSR count). The molecule has 2 aromatic rings. The number of anilines is 1. The highest BCUT2D eigenvalue weighted by Crippen LogP contribution is 2.14. The molecule has 0 unspecified atom stereocenters. The largest absolute Gasteiger partial charge is 0.497 e. The Morgan fingerprint density at radius 2 is 1.93 bits per heavy atom. The molecule has 0 saturated carbocycles. The standard InChI is InChI=1S/C21H25N3O6/c1-13(2)11-24-19(22)18(20(27)23(3)21(24)28)16(25)12-30-17(26)9-8-14-6-5-7-15(10-14)29-4/h5-10,13H,11-12,22H2,1-4H3. The van der Waals surface area contributed by atoms with Crippen molar-refractivity contribution in [3.8, 4) is 5.75 Å². The van der Waals surface area contributed by atoms with Crippen LogP contribution in [0.5, 0.6) is 5.75 Å². The van der Waals surface area contributed by atoms with Crippen LogP contribution in [0.4, 0.5) is 5.82 Å². The van der Waals surface area contributed by atoms with Crippen LogP contribution >= 0.6 is 0 Å². The highest BCUT2D eigenvalue weighted by molar-refractivity contribution is 6.01. The van der Waals surface area contributed by atoms with E-state index in [1.54, 1.807) is 24.3 Å². The zero-order valence-corrected chi connectivity index (χ0v) is 17.4. The van der Waals surface area contributed by atoms with E-state index in [0.29, 0.717) is 11.3 Å². The fraction of sp³-hybridized carbons (Fsp3) is 0.333. The number of rotatable bonds is 8. The summed E-state index contributed by atoms with van der Waals surface area (Å²) >= 11 is 0. The van der Waals surface area contributed by atoms with Crippen molar-refractivity contribution >= 4 is 23.6 Å². The number of carbonyl (C=O) groups is 2. The summed E-state index contributed by atoms with van der Waals surface area (Å²) in [6, 6.07) is 7.01. The molecule has 1 heterocycles. The molecule has 0 aliphatic rings. The lowest BCUT2D eigenvalue weighted by molar-refractivity contribution is -0.136. The summed E-state index contributed by atoms with van der Waals surface area (Å²) in [5.41, 5.74) is 4.83. The fourth-order valence-electron chi connectivity index (χ4n) is 2.75. The Bertz CT molecular complexity index is 1090. The number of Topliss-reactive ketones (excluding diaryl/α,β-unsaturated/α-hetero) is 1. The van der Waals surface area contributed by atoms with Gasteiger partial charge >= 0.3 is 11.7 Å². The van der Waals surface area contributed by atoms with Gasteiger partial charge in [-0.25, -0.2) is 9.59 Å². The van der Waals surface area contributed by atoms with Gasteiger partial charge in [0, 0.05) is 19.7 Å². The second kappa shape index (κ2) is 9.73. The molecule has 0 atom stereocenters. The molecule has 0 aliphatic heterocycles. The van der Waals surface area contributed by atoms with Gasteiger partial charge in [0.2, 0.25) is 5.78 Å². The van der Waals surface area contributed by atoms with Gasteiger partial charge in [-0.1, -0.05) is 26.0 Å². The van der Waals surface area contributed by atoms with Crippen LogP contribution in [0.1, 0.15) is 29.8 Å². The van der Waals surface area contributed by atoms with Crippen molar-refractivity contribution < 1.29 is 19.1 Å². The van der Waals surface area contributed by atoms with E-state index in [1.165, 1.54) is 24.8 Å². The maximum atomic E-state index is 12.5. The molecule has 0 radical (unpaired) electrons. The van der Waals surface area contributed by atoms with Crippen LogP contribution in [0, 0.1) is 5.92 Å². The number of nitrogen functional groups attached to an aromatic ring is 1. The second-order valence-electron chi connectivity index (χ2n) is 7.05. The highest BCUT2D eigenvalue weighted by Gasteiger charge is 2.22. The number of aromatic nitrogens is 2. The average Bonchev–Trinajstić information content (AvgIpc) is 2.72. The third-order valence-electron chi connectivity index (χ3n) is 4.26. The molecule has 0 saturated heterocycles. The van der Waals surface area contributed by atoms with Crippen molar-refractivity contribution in [3.63, 3.8) is 0 Å². The van der Waals surface area contributed by atoms with Crippen molar-refractivity contribution in [3.05, 3.63) is 62.3 Å². The SMILES string of the molecule is COc1cccc(C=CC(=O)OCC(=O)c2c(N)n(CC(C)C)c(=O)n(C)c2=O)c1. The summed E-state index contributed by atoms with van der Waals surface area (Å²) in [6.45, 7) is 3.30. The van der Waals surface area contributed by atoms with Crippen LogP contribution in [0.2, 0.25) is 0 Å². The molecule has 1 aromatic carbocycles. The molecule has 0 bridgehead atoms. The molecule has 0 amide bonds. The summed E-state index contributed by atoms with van der Waals surface area (Å²) in [5.74, 6) is -1.09. The van der Waals surface area contributed by atoms with Crippen molar-refractivity contribution in [1.29, 1.82) is 0 Å². The lowest BCUT2D eigenvalue weighted by atomic mass is 10.1. The summed E-state index contributed by atoms with van der Waals surface area (Å²) in [4.78, 5) is 49.1. The summed E-state index contributed by atoms with van der Waals surface area (Å²) in [5, 5.41) is 0. The van der Waals surface area contributed by atoms with E-state index in [1.807, 2.05) is 13.8 Å². The van der Waals surface area contributed by atoms with Crippen LogP contribution in [-0.2, 0) is 23.1 Å². The van der Waals surface area contributed by atoms with Crippen molar-refractivity contribution in [2.75, 3.05) is 19.5 Å². The Morgan fingerprint density at radius 3 is 2.57 bits per heavy atom. The lowest BCUT2D eigenvalue weighted by Gasteiger charge is -2.16. The third-order valence-corrected chi connectivity index (χ3v) is 4.26. The van der Waals surface area contributed by atoms with Crippen LogP contribution in [0.3, 0.4) is 0 Å². The molecule has 0 fully saturated rings. The van der Waals surface area contributed by atoms with E-state index < -0.39 is 29.6 Å². The number of ether oxygens (including phenoxy) is 2. The first kappa shape index (κ1) is 22.7. The first-order valence-electron chi connectivity index (χ1n) is 9.27. The van der Waals surface area contributed by atoms with Crippen molar-refractivity contribution in [1.82, 2.24) is 9.13 Å². The maximum absolute atomic E-state index is 12.5. The minimum atomic E-state index is -0.828. The normalized spacial score (nSPS) is 11.1. The Morgan fingerprint density at radius 1 is 1.23 bits per heavy atom. The fourth-order valence-corrected chi connectivity index (χ4v) is 2.75. The van der Waals surface area contributed by atoms with Gasteiger partial charge in [0.1, 0.15) is 17.1 Å². The predicted octanol–water partition coefficient (Wildman–Crippen LogP) is 1.23. The van der Waals surface area contributed by atoms with Gasteiger partial charge < -0.3 is 15.2 Å². The third kappa shape index (κ3) is 5.25. The maximum Gasteiger partial charge on any atom is 0.332 e. The van der Waals surface area contributed by atoms with Crippen LogP contribution in [0.15, 0.2) is 39.9 Å². The van der Waals surface area contributed by atoms with Gasteiger partial charge in [0.15, 0.2) is 6.61 Å². The number of methoxy groups -OCH3 is 1. The molecule has 9 nitrogen and oxygen atoms in total. The molecule has 160 valence electrons. The lowest BCUT2D eigenvalue weighted by Crippen LogP contribution is -2.43.